The molecule has 1 aliphatic heterocycles. The minimum Gasteiger partial charge on any atom is -0.462 e. The number of esters is 3. The Labute approximate surface area is 171 Å². The molecule has 7 nitrogen and oxygen atoms in total. The summed E-state index contributed by atoms with van der Waals surface area (Å²) in [6.45, 7) is 7.52. The van der Waals surface area contributed by atoms with Crippen LogP contribution in [0.15, 0.2) is 29.8 Å². The Morgan fingerprint density at radius 1 is 1.07 bits per heavy atom. The number of hydrogen-bond donors (Lipinski definition) is 1. The van der Waals surface area contributed by atoms with Crippen molar-refractivity contribution in [2.24, 2.45) is 11.7 Å². The molecule has 0 aromatic heterocycles. The highest BCUT2D eigenvalue weighted by atomic mass is 16.7. The lowest BCUT2D eigenvalue weighted by Crippen LogP contribution is -2.42. The number of benzene rings is 1. The van der Waals surface area contributed by atoms with Gasteiger partial charge in [0.1, 0.15) is 0 Å². The molecule has 158 valence electrons. The molecule has 1 atom stereocenters. The van der Waals surface area contributed by atoms with Crippen molar-refractivity contribution in [2.45, 2.75) is 59.2 Å². The molecular formula is C22H29NO6. The van der Waals surface area contributed by atoms with Crippen molar-refractivity contribution in [3.05, 3.63) is 41.0 Å². The van der Waals surface area contributed by atoms with E-state index in [0.717, 1.165) is 25.7 Å². The van der Waals surface area contributed by atoms with E-state index in [2.05, 4.69) is 13.8 Å². The smallest absolute Gasteiger partial charge is 0.351 e. The maximum Gasteiger partial charge on any atom is 0.351 e. The topological polar surface area (TPSA) is 105 Å². The van der Waals surface area contributed by atoms with Crippen LogP contribution in [-0.2, 0) is 23.8 Å². The van der Waals surface area contributed by atoms with Crippen LogP contribution in [0.5, 0.6) is 0 Å². The molecule has 0 bridgehead atoms. The summed E-state index contributed by atoms with van der Waals surface area (Å²) in [6.07, 6.45) is 4.22. The van der Waals surface area contributed by atoms with Crippen LogP contribution in [0.2, 0.25) is 0 Å². The molecule has 2 N–H and O–H groups in total. The normalized spacial score (nSPS) is 16.6. The monoisotopic (exact) mass is 403 g/mol. The van der Waals surface area contributed by atoms with E-state index in [9.17, 15) is 14.4 Å². The summed E-state index contributed by atoms with van der Waals surface area (Å²) in [5.74, 6) is -3.09. The van der Waals surface area contributed by atoms with E-state index in [-0.39, 0.29) is 11.3 Å². The molecule has 2 rings (SSSR count). The molecule has 0 spiro atoms. The molecule has 0 saturated carbocycles. The Morgan fingerprint density at radius 3 is 2.14 bits per heavy atom. The summed E-state index contributed by atoms with van der Waals surface area (Å²) < 4.78 is 15.5. The predicted molar refractivity (Wildman–Crippen MR) is 107 cm³/mol. The number of rotatable bonds is 8. The van der Waals surface area contributed by atoms with Gasteiger partial charge in [0.25, 0.3) is 5.79 Å². The van der Waals surface area contributed by atoms with Crippen LogP contribution in [0, 0.1) is 5.92 Å². The number of unbranched alkanes of at least 4 members (excludes halogenated alkanes) is 1. The number of cyclic esters (lactones) is 2. The Bertz CT molecular complexity index is 772. The molecule has 7 heteroatoms. The maximum absolute atomic E-state index is 12.3. The Hall–Kier alpha value is -2.83. The minimum atomic E-state index is -1.33. The first-order chi connectivity index (χ1) is 13.7. The average Bonchev–Trinajstić information content (AvgIpc) is 2.66. The third-order valence-electron chi connectivity index (χ3n) is 4.78. The van der Waals surface area contributed by atoms with Gasteiger partial charge in [0.05, 0.1) is 17.9 Å². The lowest BCUT2D eigenvalue weighted by atomic mass is 10.0. The molecule has 0 amide bonds. The van der Waals surface area contributed by atoms with Crippen molar-refractivity contribution in [1.82, 2.24) is 0 Å². The summed E-state index contributed by atoms with van der Waals surface area (Å²) in [7, 11) is 0. The van der Waals surface area contributed by atoms with Crippen LogP contribution in [0.3, 0.4) is 0 Å². The third kappa shape index (κ3) is 5.82. The summed E-state index contributed by atoms with van der Waals surface area (Å²) in [6, 6.07) is 6.18. The lowest BCUT2D eigenvalue weighted by Gasteiger charge is -2.30. The van der Waals surface area contributed by atoms with Crippen molar-refractivity contribution in [3.8, 4) is 0 Å². The van der Waals surface area contributed by atoms with E-state index in [1.54, 1.807) is 24.3 Å². The van der Waals surface area contributed by atoms with Crippen LogP contribution >= 0.6 is 0 Å². The second kappa shape index (κ2) is 9.58. The van der Waals surface area contributed by atoms with Crippen LogP contribution in [0.4, 0.5) is 0 Å². The molecule has 1 saturated heterocycles. The number of nitrogens with two attached hydrogens (primary N) is 1. The fourth-order valence-corrected chi connectivity index (χ4v) is 2.98. The van der Waals surface area contributed by atoms with Gasteiger partial charge < -0.3 is 19.9 Å². The van der Waals surface area contributed by atoms with Gasteiger partial charge in [-0.2, -0.15) is 0 Å². The average molecular weight is 403 g/mol. The molecule has 1 fully saturated rings. The Balaban J connectivity index is 2.08. The van der Waals surface area contributed by atoms with Crippen LogP contribution in [-0.4, -0.2) is 30.3 Å². The molecule has 1 aliphatic rings. The van der Waals surface area contributed by atoms with Gasteiger partial charge in [0.2, 0.25) is 0 Å². The molecule has 0 aliphatic carbocycles. The standard InChI is InChI=1S/C22H29NO6/c1-5-7-8-14(6-2)13-27-19(24)16-11-9-15(10-12-16)18(23)17-20(25)28-22(3,4)29-21(17)26/h9-12,14H,5-8,13,23H2,1-4H3. The zero-order valence-corrected chi connectivity index (χ0v) is 17.4. The molecule has 29 heavy (non-hydrogen) atoms. The van der Waals surface area contributed by atoms with Gasteiger partial charge >= 0.3 is 17.9 Å². The highest BCUT2D eigenvalue weighted by Gasteiger charge is 2.40. The molecule has 1 heterocycles. The molecule has 1 aromatic rings. The fourth-order valence-electron chi connectivity index (χ4n) is 2.98. The number of carbonyl (C=O) groups is 3. The summed E-state index contributed by atoms with van der Waals surface area (Å²) in [5, 5.41) is 0. The maximum atomic E-state index is 12.3. The zero-order valence-electron chi connectivity index (χ0n) is 17.4. The Morgan fingerprint density at radius 2 is 1.62 bits per heavy atom. The van der Waals surface area contributed by atoms with E-state index >= 15 is 0 Å². The molecular weight excluding hydrogens is 374 g/mol. The van der Waals surface area contributed by atoms with Crippen molar-refractivity contribution < 1.29 is 28.6 Å². The van der Waals surface area contributed by atoms with Gasteiger partial charge in [-0.3, -0.25) is 0 Å². The van der Waals surface area contributed by atoms with E-state index in [1.165, 1.54) is 13.8 Å². The van der Waals surface area contributed by atoms with Crippen LogP contribution < -0.4 is 5.73 Å². The van der Waals surface area contributed by atoms with Crippen molar-refractivity contribution in [3.63, 3.8) is 0 Å². The van der Waals surface area contributed by atoms with Crippen molar-refractivity contribution in [1.29, 1.82) is 0 Å². The first-order valence-electron chi connectivity index (χ1n) is 9.92. The van der Waals surface area contributed by atoms with Crippen LogP contribution in [0.1, 0.15) is 69.3 Å². The Kier molecular flexibility index (Phi) is 7.42. The first kappa shape index (κ1) is 22.5. The fraction of sp³-hybridized carbons (Fsp3) is 0.500. The van der Waals surface area contributed by atoms with Gasteiger partial charge in [-0.1, -0.05) is 45.2 Å². The highest BCUT2D eigenvalue weighted by Crippen LogP contribution is 2.26. The molecule has 1 aromatic carbocycles. The SMILES string of the molecule is CCCCC(CC)COC(=O)c1ccc(C(N)=C2C(=O)OC(C)(C)OC2=O)cc1. The first-order valence-corrected chi connectivity index (χ1v) is 9.92. The van der Waals surface area contributed by atoms with Gasteiger partial charge in [-0.05, 0) is 30.0 Å². The van der Waals surface area contributed by atoms with E-state index < -0.39 is 23.7 Å². The van der Waals surface area contributed by atoms with Gasteiger partial charge in [-0.15, -0.1) is 0 Å². The highest BCUT2D eigenvalue weighted by molar-refractivity contribution is 6.20. The zero-order chi connectivity index (χ0) is 21.6. The van der Waals surface area contributed by atoms with E-state index in [4.69, 9.17) is 19.9 Å². The van der Waals surface area contributed by atoms with Gasteiger partial charge in [0, 0.05) is 13.8 Å². The van der Waals surface area contributed by atoms with Crippen molar-refractivity contribution in [2.75, 3.05) is 6.61 Å². The second-order valence-corrected chi connectivity index (χ2v) is 7.56. The van der Waals surface area contributed by atoms with Crippen LogP contribution in [0.25, 0.3) is 5.70 Å². The third-order valence-corrected chi connectivity index (χ3v) is 4.78. The summed E-state index contributed by atoms with van der Waals surface area (Å²) in [5.41, 5.74) is 6.33. The number of hydrogen-bond acceptors (Lipinski definition) is 7. The largest absolute Gasteiger partial charge is 0.462 e. The van der Waals surface area contributed by atoms with E-state index in [0.29, 0.717) is 23.7 Å². The number of ether oxygens (including phenoxy) is 3. The molecule has 0 radical (unpaired) electrons. The summed E-state index contributed by atoms with van der Waals surface area (Å²) in [4.78, 5) is 36.5. The minimum absolute atomic E-state index is 0.0685. The van der Waals surface area contributed by atoms with Crippen molar-refractivity contribution >= 4 is 23.6 Å². The lowest BCUT2D eigenvalue weighted by molar-refractivity contribution is -0.222. The van der Waals surface area contributed by atoms with E-state index in [1.807, 2.05) is 0 Å². The second-order valence-electron chi connectivity index (χ2n) is 7.56. The predicted octanol–water partition coefficient (Wildman–Crippen LogP) is 3.57. The molecule has 1 unspecified atom stereocenters. The number of carbonyl (C=O) groups excluding carboxylic acids is 3. The quantitative estimate of drug-likeness (QED) is 0.402. The van der Waals surface area contributed by atoms with Gasteiger partial charge in [0.15, 0.2) is 5.57 Å². The van der Waals surface area contributed by atoms with Gasteiger partial charge in [-0.25, -0.2) is 14.4 Å². The summed E-state index contributed by atoms with van der Waals surface area (Å²) >= 11 is 0.